The van der Waals surface area contributed by atoms with Gasteiger partial charge < -0.3 is 61.0 Å². The molecular weight excluding hydrogens is 1380 g/mol. The summed E-state index contributed by atoms with van der Waals surface area (Å²) in [6.07, 6.45) is 1.28. The van der Waals surface area contributed by atoms with Crippen molar-refractivity contribution in [2.75, 3.05) is 33.7 Å². The lowest BCUT2D eigenvalue weighted by Gasteiger charge is -2.55. The van der Waals surface area contributed by atoms with E-state index in [0.29, 0.717) is 97.2 Å². The molecule has 554 valence electrons. The number of aliphatic hydroxyl groups excluding tert-OH is 1. The van der Waals surface area contributed by atoms with Crippen molar-refractivity contribution in [3.05, 3.63) is 131 Å². The van der Waals surface area contributed by atoms with Gasteiger partial charge in [-0.15, -0.1) is 0 Å². The molecule has 14 atom stereocenters. The number of methoxy groups -OCH3 is 1. The number of hydrogen-bond acceptors (Lipinski definition) is 14. The van der Waals surface area contributed by atoms with Crippen molar-refractivity contribution in [1.82, 2.24) is 0 Å². The minimum Gasteiger partial charge on any atom is -0.413 e. The van der Waals surface area contributed by atoms with Gasteiger partial charge >= 0.3 is 0 Å². The molecule has 0 aromatic heterocycles. The second kappa shape index (κ2) is 34.3. The second-order valence-electron chi connectivity index (χ2n) is 35.1. The normalized spacial score (nSPS) is 27.4. The van der Waals surface area contributed by atoms with Gasteiger partial charge in [-0.2, -0.15) is 0 Å². The Kier molecular flexibility index (Phi) is 28.4. The first-order valence-corrected chi connectivity index (χ1v) is 49.2. The van der Waals surface area contributed by atoms with Gasteiger partial charge in [0.25, 0.3) is 8.32 Å². The SMILES string of the molecule is CO[C@H]1C[C@@H](C[C@H](O[Si](C)(C)C(C)(C)C)[C@@H](C)[C@@H](O)[C@H](C)C(=O)C[C@H]2C[C@](C)(O[Si](C)(C)C(C)(C)C)C[C@@]3(C[C@@H](OCOCC[Si](C)(C)C)C[C@H](CCOCc4ccccc4Br)O3)O2)O[C@@]2(C1)C[C@@H](O[Si](c1ccccc1)(c1ccccc1)C(C)(C)C)C[C@H](COCc1ccccc1)O2. The zero-order valence-electron chi connectivity index (χ0n) is 64.2. The molecule has 19 heteroatoms. The van der Waals surface area contributed by atoms with E-state index in [1.165, 1.54) is 10.4 Å². The van der Waals surface area contributed by atoms with Crippen LogP contribution in [0.25, 0.3) is 0 Å². The summed E-state index contributed by atoms with van der Waals surface area (Å²) >= 11 is 3.69. The summed E-state index contributed by atoms with van der Waals surface area (Å²) in [4.78, 5) is 15.4. The van der Waals surface area contributed by atoms with Gasteiger partial charge in [0, 0.05) is 102 Å². The van der Waals surface area contributed by atoms with E-state index < -0.39 is 86.5 Å². The van der Waals surface area contributed by atoms with Crippen molar-refractivity contribution in [3.8, 4) is 0 Å². The van der Waals surface area contributed by atoms with Crippen molar-refractivity contribution in [1.29, 1.82) is 0 Å². The Labute approximate surface area is 609 Å². The molecule has 4 aromatic rings. The fraction of sp³-hybridized carbons (Fsp3) is 0.688. The molecule has 0 bridgehead atoms. The lowest BCUT2D eigenvalue weighted by Crippen LogP contribution is -2.69. The smallest absolute Gasteiger partial charge is 0.261 e. The molecule has 8 rings (SSSR count). The van der Waals surface area contributed by atoms with Crippen LogP contribution in [-0.2, 0) is 73.9 Å². The summed E-state index contributed by atoms with van der Waals surface area (Å²) in [5, 5.41) is 14.9. The Morgan fingerprint density at radius 1 is 0.616 bits per heavy atom. The van der Waals surface area contributed by atoms with Crippen LogP contribution < -0.4 is 10.4 Å². The molecule has 99 heavy (non-hydrogen) atoms. The number of benzene rings is 4. The number of carbonyl (C=O) groups excluding carboxylic acids is 1. The number of aliphatic hydroxyl groups is 1. The first-order valence-electron chi connectivity index (χ1n) is 37.0. The minimum absolute atomic E-state index is 0.0554. The Hall–Kier alpha value is -2.62. The third-order valence-electron chi connectivity index (χ3n) is 22.3. The molecule has 4 saturated heterocycles. The molecule has 4 aliphatic rings. The van der Waals surface area contributed by atoms with E-state index in [-0.39, 0.29) is 64.6 Å². The van der Waals surface area contributed by atoms with E-state index in [1.807, 2.05) is 50.2 Å². The lowest BCUT2D eigenvalue weighted by molar-refractivity contribution is -0.353. The van der Waals surface area contributed by atoms with E-state index in [2.05, 4.69) is 210 Å². The average Bonchev–Trinajstić information content (AvgIpc) is 0.742. The first-order chi connectivity index (χ1) is 46.3. The largest absolute Gasteiger partial charge is 0.413 e. The van der Waals surface area contributed by atoms with Crippen LogP contribution in [0.3, 0.4) is 0 Å². The highest BCUT2D eigenvalue weighted by Crippen LogP contribution is 2.52. The highest BCUT2D eigenvalue weighted by atomic mass is 79.9. The van der Waals surface area contributed by atoms with Crippen LogP contribution in [0.1, 0.15) is 165 Å². The molecule has 1 N–H and O–H groups in total. The van der Waals surface area contributed by atoms with Gasteiger partial charge in [0.05, 0.1) is 80.4 Å². The molecule has 14 nitrogen and oxygen atoms in total. The zero-order chi connectivity index (χ0) is 72.5. The molecule has 0 unspecified atom stereocenters. The van der Waals surface area contributed by atoms with Crippen molar-refractivity contribution in [2.24, 2.45) is 11.8 Å². The number of hydrogen-bond donors (Lipinski definition) is 1. The fourth-order valence-electron chi connectivity index (χ4n) is 14.9. The molecule has 0 radical (unpaired) electrons. The predicted molar refractivity (Wildman–Crippen MR) is 411 cm³/mol. The second-order valence-corrected chi connectivity index (χ2v) is 55.3. The minimum atomic E-state index is -3.06. The van der Waals surface area contributed by atoms with Gasteiger partial charge in [0.2, 0.25) is 0 Å². The Balaban J connectivity index is 1.07. The van der Waals surface area contributed by atoms with Gasteiger partial charge in [-0.25, -0.2) is 0 Å². The molecule has 0 saturated carbocycles. The first kappa shape index (κ1) is 82.0. The van der Waals surface area contributed by atoms with Crippen molar-refractivity contribution in [3.63, 3.8) is 0 Å². The van der Waals surface area contributed by atoms with Crippen LogP contribution in [0, 0.1) is 11.8 Å². The van der Waals surface area contributed by atoms with E-state index >= 15 is 4.79 Å². The Morgan fingerprint density at radius 2 is 1.16 bits per heavy atom. The number of ether oxygens (including phenoxy) is 9. The lowest BCUT2D eigenvalue weighted by atomic mass is 9.79. The standard InChI is InChI=1S/C80H127BrO14Si4/c1-58(72(82)47-66-49-78(12,95-98(19,20)76(6,7)8)56-80(91-66)51-65(88-57-86-42-43-96(14,15)16)44-62(89-80)40-41-85-54-61-34-30-31-39-71(61)81)74(83)59(2)73(94-97(17,18)75(3,4)5)48-63-45-64(84-13)50-79(90-63)52-67(46-68(92-79)55-87-53-60-32-24-21-25-33-60)93-99(77(9,10)11,69-35-26-22-27-36-69)70-37-28-23-29-38-70/h21-39,58-59,62-68,73-74,83H,40-57H2,1-20H3/t58-,59-,62+,63+,64+,65+,66+,67+,68-,73+,74+,78+,79-,80-/m1/s1. The van der Waals surface area contributed by atoms with Crippen LogP contribution >= 0.6 is 15.9 Å². The van der Waals surface area contributed by atoms with Gasteiger partial charge in [-0.3, -0.25) is 4.79 Å². The summed E-state index contributed by atoms with van der Waals surface area (Å²) < 4.78 is 85.9. The predicted octanol–water partition coefficient (Wildman–Crippen LogP) is 17.5. The van der Waals surface area contributed by atoms with Gasteiger partial charge in [0.1, 0.15) is 12.6 Å². The summed E-state index contributed by atoms with van der Waals surface area (Å²) in [5.41, 5.74) is 1.44. The summed E-state index contributed by atoms with van der Waals surface area (Å²) in [6, 6.07) is 41.1. The van der Waals surface area contributed by atoms with E-state index in [0.717, 1.165) is 21.6 Å². The van der Waals surface area contributed by atoms with Gasteiger partial charge in [0.15, 0.2) is 28.2 Å². The zero-order valence-corrected chi connectivity index (χ0v) is 69.8. The number of ketones is 1. The molecule has 4 aromatic carbocycles. The maximum atomic E-state index is 15.4. The van der Waals surface area contributed by atoms with Crippen LogP contribution in [0.2, 0.25) is 67.0 Å². The average molecular weight is 1510 g/mol. The summed E-state index contributed by atoms with van der Waals surface area (Å²) in [7, 11) is -7.58. The molecule has 0 aliphatic carbocycles. The van der Waals surface area contributed by atoms with Crippen LogP contribution in [0.15, 0.2) is 120 Å². The quantitative estimate of drug-likeness (QED) is 0.0281. The van der Waals surface area contributed by atoms with Crippen molar-refractivity contribution >= 4 is 65.1 Å². The number of rotatable bonds is 32. The third-order valence-corrected chi connectivity index (χ3v) is 39.0. The van der Waals surface area contributed by atoms with Crippen LogP contribution in [0.5, 0.6) is 0 Å². The maximum absolute atomic E-state index is 15.4. The number of halogens is 1. The van der Waals surface area contributed by atoms with Gasteiger partial charge in [-0.1, -0.05) is 221 Å². The summed E-state index contributed by atoms with van der Waals surface area (Å²) in [6.45, 7) is 45.3. The Morgan fingerprint density at radius 3 is 1.76 bits per heavy atom. The third kappa shape index (κ3) is 22.2. The van der Waals surface area contributed by atoms with Crippen molar-refractivity contribution < 1.29 is 65.8 Å². The van der Waals surface area contributed by atoms with Crippen molar-refractivity contribution in [2.45, 2.75) is 306 Å². The van der Waals surface area contributed by atoms with Gasteiger partial charge in [-0.05, 0) is 94.7 Å². The monoisotopic (exact) mass is 1500 g/mol. The van der Waals surface area contributed by atoms with E-state index in [1.54, 1.807) is 7.11 Å². The molecule has 0 amide bonds. The summed E-state index contributed by atoms with van der Waals surface area (Å²) in [5.74, 6) is -3.64. The Bertz CT molecular complexity index is 3080. The molecule has 4 fully saturated rings. The van der Waals surface area contributed by atoms with Crippen LogP contribution in [-0.4, -0.2) is 150 Å². The molecule has 4 heterocycles. The van der Waals surface area contributed by atoms with Crippen LogP contribution in [0.4, 0.5) is 0 Å². The highest BCUT2D eigenvalue weighted by molar-refractivity contribution is 9.10. The number of Topliss-reactive ketones (excluding diaryl/α,β-unsaturated/α-hetero) is 1. The molecular formula is C80H127BrO14Si4. The highest BCUT2D eigenvalue weighted by Gasteiger charge is 2.59. The molecule has 2 spiro atoms. The topological polar surface area (TPSA) is 148 Å². The number of carbonyl (C=O) groups is 1. The maximum Gasteiger partial charge on any atom is 0.261 e. The fourth-order valence-corrected chi connectivity index (χ4v) is 23.9. The van der Waals surface area contributed by atoms with E-state index in [4.69, 9.17) is 55.9 Å². The van der Waals surface area contributed by atoms with E-state index in [9.17, 15) is 5.11 Å². The molecule has 4 aliphatic heterocycles.